The monoisotopic (exact) mass is 462 g/mol. The van der Waals surface area contributed by atoms with Crippen molar-refractivity contribution in [3.05, 3.63) is 32.9 Å². The minimum atomic E-state index is -3.38. The number of unbranched alkanes of at least 4 members (excludes halogenated alkanes) is 2. The van der Waals surface area contributed by atoms with E-state index in [9.17, 15) is 13.2 Å². The fourth-order valence-electron chi connectivity index (χ4n) is 2.65. The number of hydrogen-bond acceptors (Lipinski definition) is 5. The lowest BCUT2D eigenvalue weighted by atomic mass is 9.98. The van der Waals surface area contributed by atoms with Crippen LogP contribution < -0.4 is 0 Å². The molecule has 0 saturated carbocycles. The average Bonchev–Trinajstić information content (AvgIpc) is 3.14. The first-order valence-corrected chi connectivity index (χ1v) is 12.5. The molecule has 0 fully saturated rings. The van der Waals surface area contributed by atoms with E-state index in [0.717, 1.165) is 35.7 Å². The first-order chi connectivity index (χ1) is 11.6. The maximum Gasteiger partial charge on any atom is 0.159 e. The van der Waals surface area contributed by atoms with Crippen LogP contribution in [0.15, 0.2) is 28.1 Å². The van der Waals surface area contributed by atoms with Crippen molar-refractivity contribution in [1.29, 1.82) is 0 Å². The Balaban J connectivity index is 1.82. The van der Waals surface area contributed by atoms with Gasteiger partial charge in [-0.15, -0.1) is 22.7 Å². The molecule has 138 valence electrons. The summed E-state index contributed by atoms with van der Waals surface area (Å²) in [4.78, 5) is 15.7. The van der Waals surface area contributed by atoms with E-state index < -0.39 is 14.6 Å². The van der Waals surface area contributed by atoms with Gasteiger partial charge in [-0.25, -0.2) is 8.42 Å². The Kier molecular flexibility index (Phi) is 7.04. The SMILES string of the molecule is CC(=O)C(C)(CCCCCc1ccc(-c2ccc(Br)s2)s1)S(C)(=O)=O. The summed E-state index contributed by atoms with van der Waals surface area (Å²) < 4.78 is 23.7. The zero-order valence-electron chi connectivity index (χ0n) is 14.7. The van der Waals surface area contributed by atoms with Gasteiger partial charge in [-0.1, -0.05) is 12.8 Å². The Morgan fingerprint density at radius 2 is 1.72 bits per heavy atom. The van der Waals surface area contributed by atoms with Gasteiger partial charge >= 0.3 is 0 Å². The molecule has 3 nitrogen and oxygen atoms in total. The third kappa shape index (κ3) is 5.25. The van der Waals surface area contributed by atoms with Crippen molar-refractivity contribution in [1.82, 2.24) is 0 Å². The Hall–Kier alpha value is -0.500. The molecular weight excluding hydrogens is 440 g/mol. The second kappa shape index (κ2) is 8.46. The lowest BCUT2D eigenvalue weighted by molar-refractivity contribution is -0.119. The zero-order chi connectivity index (χ0) is 18.7. The van der Waals surface area contributed by atoms with Gasteiger partial charge in [0.25, 0.3) is 0 Å². The molecule has 7 heteroatoms. The van der Waals surface area contributed by atoms with Crippen molar-refractivity contribution in [2.45, 2.75) is 50.7 Å². The van der Waals surface area contributed by atoms with Crippen molar-refractivity contribution in [2.24, 2.45) is 0 Å². The summed E-state index contributed by atoms with van der Waals surface area (Å²) in [7, 11) is -3.38. The van der Waals surface area contributed by atoms with E-state index in [2.05, 4.69) is 40.2 Å². The highest BCUT2D eigenvalue weighted by Gasteiger charge is 2.39. The third-order valence-electron chi connectivity index (χ3n) is 4.62. The highest BCUT2D eigenvalue weighted by atomic mass is 79.9. The number of aryl methyl sites for hydroxylation is 1. The summed E-state index contributed by atoms with van der Waals surface area (Å²) in [6, 6.07) is 8.52. The number of carbonyl (C=O) groups is 1. The first-order valence-electron chi connectivity index (χ1n) is 8.18. The molecule has 1 atom stereocenters. The first kappa shape index (κ1) is 20.8. The molecule has 0 bridgehead atoms. The molecule has 0 aliphatic heterocycles. The van der Waals surface area contributed by atoms with Gasteiger partial charge in [0.15, 0.2) is 15.6 Å². The molecule has 2 aromatic heterocycles. The second-order valence-electron chi connectivity index (χ2n) is 6.49. The van der Waals surface area contributed by atoms with Crippen molar-refractivity contribution < 1.29 is 13.2 Å². The highest BCUT2D eigenvalue weighted by Crippen LogP contribution is 2.36. The summed E-state index contributed by atoms with van der Waals surface area (Å²) in [6.07, 6.45) is 5.23. The zero-order valence-corrected chi connectivity index (χ0v) is 18.7. The van der Waals surface area contributed by atoms with Crippen LogP contribution in [0.4, 0.5) is 0 Å². The Bertz CT molecular complexity index is 835. The molecule has 25 heavy (non-hydrogen) atoms. The number of hydrogen-bond donors (Lipinski definition) is 0. The van der Waals surface area contributed by atoms with Crippen LogP contribution in [0.25, 0.3) is 9.75 Å². The van der Waals surface area contributed by atoms with E-state index in [1.807, 2.05) is 11.3 Å². The van der Waals surface area contributed by atoms with Crippen molar-refractivity contribution >= 4 is 54.2 Å². The quantitative estimate of drug-likeness (QED) is 0.446. The fraction of sp³-hybridized carbons (Fsp3) is 0.500. The molecule has 0 aliphatic carbocycles. The maximum absolute atomic E-state index is 11.9. The maximum atomic E-state index is 11.9. The Labute approximate surface area is 166 Å². The minimum Gasteiger partial charge on any atom is -0.298 e. The summed E-state index contributed by atoms with van der Waals surface area (Å²) >= 11 is 7.04. The van der Waals surface area contributed by atoms with Crippen LogP contribution in [0.3, 0.4) is 0 Å². The van der Waals surface area contributed by atoms with Crippen molar-refractivity contribution in [3.8, 4) is 9.75 Å². The largest absolute Gasteiger partial charge is 0.298 e. The van der Waals surface area contributed by atoms with E-state index >= 15 is 0 Å². The van der Waals surface area contributed by atoms with E-state index in [4.69, 9.17) is 0 Å². The molecule has 2 heterocycles. The fourth-order valence-corrected chi connectivity index (χ4v) is 6.22. The van der Waals surface area contributed by atoms with Gasteiger partial charge in [-0.2, -0.15) is 0 Å². The number of sulfone groups is 1. The Morgan fingerprint density at radius 3 is 2.28 bits per heavy atom. The highest BCUT2D eigenvalue weighted by molar-refractivity contribution is 9.11. The molecule has 1 unspecified atom stereocenters. The van der Waals surface area contributed by atoms with Crippen molar-refractivity contribution in [3.63, 3.8) is 0 Å². The molecule has 0 saturated heterocycles. The molecule has 0 amide bonds. The van der Waals surface area contributed by atoms with E-state index in [1.165, 1.54) is 21.6 Å². The van der Waals surface area contributed by atoms with Crippen LogP contribution in [0.2, 0.25) is 0 Å². The number of thiophene rings is 2. The van der Waals surface area contributed by atoms with Gasteiger partial charge in [-0.3, -0.25) is 4.79 Å². The van der Waals surface area contributed by atoms with E-state index in [1.54, 1.807) is 18.3 Å². The Morgan fingerprint density at radius 1 is 1.08 bits per heavy atom. The number of rotatable bonds is 9. The van der Waals surface area contributed by atoms with Gasteiger partial charge in [0.05, 0.1) is 3.79 Å². The number of halogens is 1. The number of ketones is 1. The lowest BCUT2D eigenvalue weighted by Crippen LogP contribution is -2.41. The van der Waals surface area contributed by atoms with Crippen LogP contribution in [0, 0.1) is 0 Å². The topological polar surface area (TPSA) is 51.2 Å². The molecule has 0 aliphatic rings. The summed E-state index contributed by atoms with van der Waals surface area (Å²) in [5, 5.41) is 0. The van der Waals surface area contributed by atoms with Crippen LogP contribution in [0.5, 0.6) is 0 Å². The van der Waals surface area contributed by atoms with Gasteiger partial charge in [0, 0.05) is 20.9 Å². The predicted octanol–water partition coefficient (Wildman–Crippen LogP) is 5.73. The third-order valence-corrected chi connectivity index (χ3v) is 9.71. The average molecular weight is 463 g/mol. The standard InChI is InChI=1S/C18H23BrO3S3/c1-13(20)18(2,25(3,21)22)12-6-4-5-7-14-8-9-15(23-14)16-10-11-17(19)24-16/h8-11H,4-7,12H2,1-3H3. The van der Waals surface area contributed by atoms with Crippen molar-refractivity contribution in [2.75, 3.05) is 6.26 Å². The normalized spacial score (nSPS) is 14.4. The second-order valence-corrected chi connectivity index (χ2v) is 12.6. The predicted molar refractivity (Wildman–Crippen MR) is 111 cm³/mol. The number of Topliss-reactive ketones (excluding diaryl/α,β-unsaturated/α-hetero) is 1. The van der Waals surface area contributed by atoms with Crippen LogP contribution >= 0.6 is 38.6 Å². The molecule has 0 N–H and O–H groups in total. The molecule has 0 aromatic carbocycles. The molecule has 0 radical (unpaired) electrons. The van der Waals surface area contributed by atoms with Gasteiger partial charge < -0.3 is 0 Å². The van der Waals surface area contributed by atoms with E-state index in [0.29, 0.717) is 6.42 Å². The van der Waals surface area contributed by atoms with Crippen LogP contribution in [-0.2, 0) is 21.1 Å². The van der Waals surface area contributed by atoms with Gasteiger partial charge in [0.2, 0.25) is 0 Å². The summed E-state index contributed by atoms with van der Waals surface area (Å²) in [5.74, 6) is -0.264. The lowest BCUT2D eigenvalue weighted by Gasteiger charge is -2.24. The van der Waals surface area contributed by atoms with Gasteiger partial charge in [0.1, 0.15) is 4.75 Å². The molecule has 2 aromatic rings. The van der Waals surface area contributed by atoms with Crippen LogP contribution in [-0.4, -0.2) is 25.2 Å². The summed E-state index contributed by atoms with van der Waals surface area (Å²) in [6.45, 7) is 2.92. The number of carbonyl (C=O) groups excluding carboxylic acids is 1. The minimum absolute atomic E-state index is 0.264. The summed E-state index contributed by atoms with van der Waals surface area (Å²) in [5.41, 5.74) is 0. The smallest absolute Gasteiger partial charge is 0.159 e. The molecular formula is C18H23BrO3S3. The van der Waals surface area contributed by atoms with Gasteiger partial charge in [-0.05, 0) is 73.3 Å². The molecule has 0 spiro atoms. The molecule has 2 rings (SSSR count). The van der Waals surface area contributed by atoms with E-state index in [-0.39, 0.29) is 5.78 Å². The van der Waals surface area contributed by atoms with Crippen LogP contribution in [0.1, 0.15) is 44.4 Å².